The molecular weight excluding hydrogens is 106 g/mol. The molecule has 0 saturated heterocycles. The summed E-state index contributed by atoms with van der Waals surface area (Å²) in [5.74, 6) is 0.313. The van der Waals surface area contributed by atoms with Crippen LogP contribution in [0.5, 0.6) is 0 Å². The minimum absolute atomic E-state index is 0.313. The van der Waals surface area contributed by atoms with Crippen molar-refractivity contribution in [3.63, 3.8) is 0 Å². The monoisotopic (exact) mass is 113 g/mol. The van der Waals surface area contributed by atoms with Gasteiger partial charge in [0.05, 0.1) is 6.34 Å². The third kappa shape index (κ3) is 0.941. The van der Waals surface area contributed by atoms with E-state index in [2.05, 4.69) is 15.3 Å². The summed E-state index contributed by atoms with van der Waals surface area (Å²) in [7, 11) is 0. The average molecular weight is 113 g/mol. The predicted molar refractivity (Wildman–Crippen MR) is 31.2 cm³/mol. The molecule has 0 aromatic carbocycles. The Balaban J connectivity index is 2.60. The van der Waals surface area contributed by atoms with E-state index in [1.165, 1.54) is 6.34 Å². The van der Waals surface area contributed by atoms with Gasteiger partial charge in [-0.3, -0.25) is 5.73 Å². The summed E-state index contributed by atoms with van der Waals surface area (Å²) < 4.78 is 0. The molecule has 0 aromatic heterocycles. The van der Waals surface area contributed by atoms with E-state index in [1.807, 2.05) is 0 Å². The predicted octanol–water partition coefficient (Wildman–Crippen LogP) is -1.83. The van der Waals surface area contributed by atoms with Crippen LogP contribution in [-0.2, 0) is 0 Å². The maximum absolute atomic E-state index is 5.22. The number of nitrogens with two attached hydrogens (primary N) is 2. The summed E-state index contributed by atoms with van der Waals surface area (Å²) >= 11 is 0. The van der Waals surface area contributed by atoms with Crippen LogP contribution in [-0.4, -0.2) is 18.6 Å². The number of guanidine groups is 1. The number of aliphatic imine (C=N–C) groups is 2. The van der Waals surface area contributed by atoms with E-state index in [1.54, 1.807) is 0 Å². The first kappa shape index (κ1) is 5.04. The van der Waals surface area contributed by atoms with Gasteiger partial charge >= 0.3 is 0 Å². The molecule has 0 aliphatic carbocycles. The molecule has 0 fully saturated rings. The fourth-order valence-corrected chi connectivity index (χ4v) is 0.393. The van der Waals surface area contributed by atoms with E-state index in [0.717, 1.165) is 0 Å². The zero-order valence-electron chi connectivity index (χ0n) is 4.20. The molecule has 1 aliphatic rings. The van der Waals surface area contributed by atoms with Crippen molar-refractivity contribution < 1.29 is 0 Å². The molecule has 0 spiro atoms. The molecule has 5 heteroatoms. The summed E-state index contributed by atoms with van der Waals surface area (Å²) in [6, 6.07) is 0. The zero-order valence-corrected chi connectivity index (χ0v) is 4.20. The van der Waals surface area contributed by atoms with Gasteiger partial charge in [-0.2, -0.15) is 0 Å². The number of nitrogens with one attached hydrogen (secondary N) is 1. The quantitative estimate of drug-likeness (QED) is 0.345. The fraction of sp³-hybridized carbons (Fsp3) is 0.333. The second-order valence-electron chi connectivity index (χ2n) is 1.35. The molecule has 1 rings (SSSR count). The maximum Gasteiger partial charge on any atom is 0.197 e. The maximum atomic E-state index is 5.22. The van der Waals surface area contributed by atoms with Crippen molar-refractivity contribution in [1.82, 2.24) is 5.32 Å². The number of rotatable bonds is 0. The van der Waals surface area contributed by atoms with Crippen LogP contribution >= 0.6 is 0 Å². The van der Waals surface area contributed by atoms with E-state index in [-0.39, 0.29) is 0 Å². The van der Waals surface area contributed by atoms with Crippen LogP contribution in [0.2, 0.25) is 0 Å². The van der Waals surface area contributed by atoms with Crippen molar-refractivity contribution in [2.24, 2.45) is 21.5 Å². The van der Waals surface area contributed by atoms with Gasteiger partial charge in [0, 0.05) is 0 Å². The van der Waals surface area contributed by atoms with Gasteiger partial charge in [-0.05, 0) is 0 Å². The highest BCUT2D eigenvalue weighted by Gasteiger charge is 1.98. The molecule has 1 heterocycles. The Morgan fingerprint density at radius 1 is 1.75 bits per heavy atom. The molecule has 0 amide bonds. The smallest absolute Gasteiger partial charge is 0.197 e. The standard InChI is InChI=1S/C3H7N5/c4-2-6-1-7-3(5)8-2/h1-2H,4H2,(H3,5,6,7,8). The minimum Gasteiger partial charge on any atom is -0.370 e. The highest BCUT2D eigenvalue weighted by atomic mass is 15.3. The Morgan fingerprint density at radius 2 is 2.50 bits per heavy atom. The highest BCUT2D eigenvalue weighted by molar-refractivity contribution is 5.90. The van der Waals surface area contributed by atoms with Gasteiger partial charge in [0.2, 0.25) is 0 Å². The third-order valence-electron chi connectivity index (χ3n) is 0.711. The van der Waals surface area contributed by atoms with Crippen molar-refractivity contribution >= 4 is 12.3 Å². The molecule has 1 unspecified atom stereocenters. The molecule has 1 atom stereocenters. The van der Waals surface area contributed by atoms with Crippen molar-refractivity contribution in [2.75, 3.05) is 0 Å². The van der Waals surface area contributed by atoms with E-state index >= 15 is 0 Å². The summed E-state index contributed by atoms with van der Waals surface area (Å²) in [6.07, 6.45) is 0.906. The molecule has 5 nitrogen and oxygen atoms in total. The summed E-state index contributed by atoms with van der Waals surface area (Å²) in [4.78, 5) is 7.30. The van der Waals surface area contributed by atoms with Crippen LogP contribution in [0.15, 0.2) is 9.98 Å². The summed E-state index contributed by atoms with van der Waals surface area (Å²) in [5, 5.41) is 2.57. The SMILES string of the molecule is NC1=NC(N)N=CN1. The number of nitrogens with zero attached hydrogens (tertiary/aromatic N) is 2. The Hall–Kier alpha value is -1.10. The topological polar surface area (TPSA) is 88.8 Å². The van der Waals surface area contributed by atoms with Gasteiger partial charge in [-0.25, -0.2) is 9.98 Å². The zero-order chi connectivity index (χ0) is 5.98. The number of hydrogen-bond donors (Lipinski definition) is 3. The third-order valence-corrected chi connectivity index (χ3v) is 0.711. The van der Waals surface area contributed by atoms with Crippen molar-refractivity contribution in [3.8, 4) is 0 Å². The lowest BCUT2D eigenvalue weighted by molar-refractivity contribution is 0.738. The van der Waals surface area contributed by atoms with Crippen molar-refractivity contribution in [2.45, 2.75) is 6.29 Å². The summed E-state index contributed by atoms with van der Waals surface area (Å²) in [6.45, 7) is 0. The minimum atomic E-state index is -0.517. The van der Waals surface area contributed by atoms with Crippen LogP contribution in [0, 0.1) is 0 Å². The van der Waals surface area contributed by atoms with Gasteiger partial charge in [0.15, 0.2) is 12.2 Å². The Labute approximate surface area is 46.5 Å². The van der Waals surface area contributed by atoms with E-state index in [0.29, 0.717) is 5.96 Å². The van der Waals surface area contributed by atoms with Crippen molar-refractivity contribution in [3.05, 3.63) is 0 Å². The molecule has 1 aliphatic heterocycles. The van der Waals surface area contributed by atoms with Gasteiger partial charge in [0.1, 0.15) is 0 Å². The largest absolute Gasteiger partial charge is 0.370 e. The molecule has 0 radical (unpaired) electrons. The first-order chi connectivity index (χ1) is 3.79. The molecule has 0 saturated carbocycles. The Kier molecular flexibility index (Phi) is 1.13. The second kappa shape index (κ2) is 1.79. The average Bonchev–Trinajstić information content (AvgIpc) is 1.64. The van der Waals surface area contributed by atoms with Crippen LogP contribution in [0.1, 0.15) is 0 Å². The lowest BCUT2D eigenvalue weighted by atomic mass is 10.8. The first-order valence-electron chi connectivity index (χ1n) is 2.16. The fourth-order valence-electron chi connectivity index (χ4n) is 0.393. The van der Waals surface area contributed by atoms with Gasteiger partial charge in [-0.15, -0.1) is 0 Å². The van der Waals surface area contributed by atoms with Gasteiger partial charge in [0.25, 0.3) is 0 Å². The van der Waals surface area contributed by atoms with Gasteiger partial charge < -0.3 is 11.1 Å². The van der Waals surface area contributed by atoms with E-state index in [4.69, 9.17) is 11.5 Å². The summed E-state index contributed by atoms with van der Waals surface area (Å²) in [5.41, 5.74) is 10.4. The first-order valence-corrected chi connectivity index (χ1v) is 2.16. The van der Waals surface area contributed by atoms with Gasteiger partial charge in [-0.1, -0.05) is 0 Å². The van der Waals surface area contributed by atoms with Crippen LogP contribution in [0.25, 0.3) is 0 Å². The Morgan fingerprint density at radius 3 is 2.88 bits per heavy atom. The molecule has 8 heavy (non-hydrogen) atoms. The van der Waals surface area contributed by atoms with Crippen LogP contribution in [0.3, 0.4) is 0 Å². The van der Waals surface area contributed by atoms with Crippen molar-refractivity contribution in [1.29, 1.82) is 0 Å². The van der Waals surface area contributed by atoms with E-state index < -0.39 is 6.29 Å². The number of hydrogen-bond acceptors (Lipinski definition) is 5. The molecular formula is C3H7N5. The molecule has 0 bridgehead atoms. The lowest BCUT2D eigenvalue weighted by Crippen LogP contribution is -2.37. The molecule has 44 valence electrons. The molecule has 5 N–H and O–H groups in total. The normalized spacial score (nSPS) is 26.6. The highest BCUT2D eigenvalue weighted by Crippen LogP contribution is 1.83. The van der Waals surface area contributed by atoms with Crippen LogP contribution in [0.4, 0.5) is 0 Å². The lowest BCUT2D eigenvalue weighted by Gasteiger charge is -2.07. The Bertz CT molecular complexity index is 137. The van der Waals surface area contributed by atoms with Crippen LogP contribution < -0.4 is 16.8 Å². The second-order valence-corrected chi connectivity index (χ2v) is 1.35. The van der Waals surface area contributed by atoms with E-state index in [9.17, 15) is 0 Å². The molecule has 0 aromatic rings.